The average molecular weight is 382 g/mol. The van der Waals surface area contributed by atoms with Gasteiger partial charge in [0.15, 0.2) is 0 Å². The Kier molecular flexibility index (Phi) is 5.00. The molecular formula is C16H22N4O5S. The van der Waals surface area contributed by atoms with Crippen molar-refractivity contribution in [3.05, 3.63) is 23.0 Å². The van der Waals surface area contributed by atoms with Crippen molar-refractivity contribution < 1.29 is 22.5 Å². The van der Waals surface area contributed by atoms with Gasteiger partial charge in [-0.15, -0.1) is 0 Å². The fraction of sp³-hybridized carbons (Fsp3) is 0.562. The van der Waals surface area contributed by atoms with Gasteiger partial charge in [0, 0.05) is 25.7 Å². The van der Waals surface area contributed by atoms with Gasteiger partial charge in [0.05, 0.1) is 41.7 Å². The molecule has 2 aromatic heterocycles. The van der Waals surface area contributed by atoms with E-state index < -0.39 is 10.0 Å². The lowest BCUT2D eigenvalue weighted by Crippen LogP contribution is -2.43. The standard InChI is InChI=1S/C16H22N4O5S/c1-9-5-12(14-10(2)19-25-16(14)17-9)15(21)18-13-7-24-6-11(13)8-26(22,23)20(3)4/h5,11,13H,6-8H2,1-4H3,(H,18,21)/t11-,13-/m0/s1. The number of hydrogen-bond donors (Lipinski definition) is 1. The normalized spacial score (nSPS) is 20.8. The first-order valence-electron chi connectivity index (χ1n) is 8.21. The number of carbonyl (C=O) groups is 1. The SMILES string of the molecule is Cc1cc(C(=O)N[C@H]2COC[C@H]2CS(=O)(=O)N(C)C)c2c(C)noc2n1. The Bertz CT molecular complexity index is 938. The molecule has 3 rings (SSSR count). The Morgan fingerprint density at radius 2 is 2.08 bits per heavy atom. The summed E-state index contributed by atoms with van der Waals surface area (Å²) in [6, 6.07) is 1.28. The molecule has 2 aromatic rings. The van der Waals surface area contributed by atoms with Gasteiger partial charge in [0.1, 0.15) is 0 Å². The number of nitrogens with one attached hydrogen (secondary N) is 1. The molecule has 0 bridgehead atoms. The molecule has 0 aromatic carbocycles. The largest absolute Gasteiger partial charge is 0.379 e. The Labute approximate surface area is 151 Å². The number of pyridine rings is 1. The average Bonchev–Trinajstić information content (AvgIpc) is 3.13. The number of hydrogen-bond acceptors (Lipinski definition) is 7. The predicted octanol–water partition coefficient (Wildman–Crippen LogP) is 0.476. The monoisotopic (exact) mass is 382 g/mol. The summed E-state index contributed by atoms with van der Waals surface area (Å²) in [5.41, 5.74) is 1.93. The van der Waals surface area contributed by atoms with E-state index in [0.29, 0.717) is 28.1 Å². The van der Waals surface area contributed by atoms with Crippen LogP contribution in [0.4, 0.5) is 0 Å². The number of fused-ring (bicyclic) bond motifs is 1. The molecule has 26 heavy (non-hydrogen) atoms. The second-order valence-corrected chi connectivity index (χ2v) is 8.93. The topological polar surface area (TPSA) is 115 Å². The second kappa shape index (κ2) is 6.93. The Hall–Kier alpha value is -2.04. The molecule has 1 saturated heterocycles. The molecule has 3 heterocycles. The summed E-state index contributed by atoms with van der Waals surface area (Å²) in [5.74, 6) is -0.718. The summed E-state index contributed by atoms with van der Waals surface area (Å²) in [6.07, 6.45) is 0. The van der Waals surface area contributed by atoms with Crippen LogP contribution in [0.1, 0.15) is 21.7 Å². The first-order chi connectivity index (χ1) is 12.2. The lowest BCUT2D eigenvalue weighted by molar-refractivity contribution is 0.0927. The van der Waals surface area contributed by atoms with Gasteiger partial charge in [-0.2, -0.15) is 0 Å². The summed E-state index contributed by atoms with van der Waals surface area (Å²) >= 11 is 0. The lowest BCUT2D eigenvalue weighted by Gasteiger charge is -2.21. The van der Waals surface area contributed by atoms with Gasteiger partial charge in [0.2, 0.25) is 10.0 Å². The molecule has 0 radical (unpaired) electrons. The van der Waals surface area contributed by atoms with Gasteiger partial charge in [-0.05, 0) is 19.9 Å². The minimum atomic E-state index is -3.39. The molecule has 2 atom stereocenters. The lowest BCUT2D eigenvalue weighted by atomic mass is 10.0. The number of nitrogens with zero attached hydrogens (tertiary/aromatic N) is 3. The Morgan fingerprint density at radius 1 is 1.35 bits per heavy atom. The van der Waals surface area contributed by atoms with Gasteiger partial charge >= 0.3 is 0 Å². The van der Waals surface area contributed by atoms with Gasteiger partial charge < -0.3 is 14.6 Å². The fourth-order valence-electron chi connectivity index (χ4n) is 2.98. The highest BCUT2D eigenvalue weighted by Crippen LogP contribution is 2.23. The van der Waals surface area contributed by atoms with Gasteiger partial charge in [0.25, 0.3) is 11.6 Å². The van der Waals surface area contributed by atoms with Crippen molar-refractivity contribution in [2.45, 2.75) is 19.9 Å². The van der Waals surface area contributed by atoms with Crippen LogP contribution >= 0.6 is 0 Å². The van der Waals surface area contributed by atoms with Crippen LogP contribution in [-0.2, 0) is 14.8 Å². The van der Waals surface area contributed by atoms with E-state index in [1.54, 1.807) is 19.9 Å². The molecule has 0 saturated carbocycles. The minimum absolute atomic E-state index is 0.0813. The molecule has 0 aliphatic carbocycles. The third-order valence-corrected chi connectivity index (χ3v) is 6.45. The quantitative estimate of drug-likeness (QED) is 0.799. The smallest absolute Gasteiger partial charge is 0.258 e. The van der Waals surface area contributed by atoms with Crippen molar-refractivity contribution in [2.75, 3.05) is 33.1 Å². The van der Waals surface area contributed by atoms with E-state index >= 15 is 0 Å². The predicted molar refractivity (Wildman–Crippen MR) is 94.3 cm³/mol. The van der Waals surface area contributed by atoms with Crippen LogP contribution in [0.5, 0.6) is 0 Å². The zero-order valence-electron chi connectivity index (χ0n) is 15.1. The van der Waals surface area contributed by atoms with Gasteiger partial charge in [-0.3, -0.25) is 4.79 Å². The maximum absolute atomic E-state index is 12.8. The Balaban J connectivity index is 1.83. The molecule has 1 amide bonds. The van der Waals surface area contributed by atoms with E-state index in [4.69, 9.17) is 9.26 Å². The van der Waals surface area contributed by atoms with E-state index in [0.717, 1.165) is 0 Å². The number of amides is 1. The van der Waals surface area contributed by atoms with Crippen LogP contribution in [0, 0.1) is 19.8 Å². The molecule has 10 heteroatoms. The van der Waals surface area contributed by atoms with Gasteiger partial charge in [-0.25, -0.2) is 17.7 Å². The fourth-order valence-corrected chi connectivity index (χ4v) is 4.15. The van der Waals surface area contributed by atoms with Crippen LogP contribution in [0.15, 0.2) is 10.6 Å². The van der Waals surface area contributed by atoms with Crippen molar-refractivity contribution in [1.29, 1.82) is 0 Å². The second-order valence-electron chi connectivity index (χ2n) is 6.70. The van der Waals surface area contributed by atoms with Crippen molar-refractivity contribution in [3.63, 3.8) is 0 Å². The summed E-state index contributed by atoms with van der Waals surface area (Å²) in [6.45, 7) is 4.06. The number of rotatable bonds is 5. The molecule has 1 fully saturated rings. The number of carbonyl (C=O) groups excluding carboxylic acids is 1. The van der Waals surface area contributed by atoms with E-state index in [1.807, 2.05) is 0 Å². The molecular weight excluding hydrogens is 360 g/mol. The van der Waals surface area contributed by atoms with E-state index in [9.17, 15) is 13.2 Å². The zero-order chi connectivity index (χ0) is 19.1. The summed E-state index contributed by atoms with van der Waals surface area (Å²) < 4.78 is 36.0. The van der Waals surface area contributed by atoms with Gasteiger partial charge in [-0.1, -0.05) is 5.16 Å². The van der Waals surface area contributed by atoms with Crippen LogP contribution in [0.3, 0.4) is 0 Å². The van der Waals surface area contributed by atoms with E-state index in [2.05, 4.69) is 15.5 Å². The summed E-state index contributed by atoms with van der Waals surface area (Å²) in [5, 5.41) is 7.33. The zero-order valence-corrected chi connectivity index (χ0v) is 16.0. The highest BCUT2D eigenvalue weighted by molar-refractivity contribution is 7.89. The molecule has 9 nitrogen and oxygen atoms in total. The third kappa shape index (κ3) is 3.57. The molecule has 1 aliphatic rings. The van der Waals surface area contributed by atoms with E-state index in [-0.39, 0.29) is 36.8 Å². The van der Waals surface area contributed by atoms with Crippen molar-refractivity contribution in [3.8, 4) is 0 Å². The number of aromatic nitrogens is 2. The van der Waals surface area contributed by atoms with Crippen molar-refractivity contribution in [2.24, 2.45) is 5.92 Å². The van der Waals surface area contributed by atoms with Crippen LogP contribution < -0.4 is 5.32 Å². The minimum Gasteiger partial charge on any atom is -0.379 e. The van der Waals surface area contributed by atoms with E-state index in [1.165, 1.54) is 18.4 Å². The summed E-state index contributed by atoms with van der Waals surface area (Å²) in [4.78, 5) is 17.1. The van der Waals surface area contributed by atoms with Crippen molar-refractivity contribution >= 4 is 27.0 Å². The first kappa shape index (κ1) is 18.7. The number of sulfonamides is 1. The number of ether oxygens (including phenoxy) is 1. The molecule has 1 N–H and O–H groups in total. The van der Waals surface area contributed by atoms with Crippen LogP contribution in [-0.4, -0.2) is 67.9 Å². The maximum Gasteiger partial charge on any atom is 0.258 e. The van der Waals surface area contributed by atoms with Crippen LogP contribution in [0.2, 0.25) is 0 Å². The molecule has 0 unspecified atom stereocenters. The first-order valence-corrected chi connectivity index (χ1v) is 9.82. The summed E-state index contributed by atoms with van der Waals surface area (Å²) in [7, 11) is -0.407. The highest BCUT2D eigenvalue weighted by Gasteiger charge is 2.34. The Morgan fingerprint density at radius 3 is 2.77 bits per heavy atom. The molecule has 0 spiro atoms. The van der Waals surface area contributed by atoms with Crippen molar-refractivity contribution in [1.82, 2.24) is 19.8 Å². The molecule has 142 valence electrons. The highest BCUT2D eigenvalue weighted by atomic mass is 32.2. The number of aryl methyl sites for hydroxylation is 2. The maximum atomic E-state index is 12.8. The van der Waals surface area contributed by atoms with Crippen LogP contribution in [0.25, 0.3) is 11.1 Å². The third-order valence-electron chi connectivity index (χ3n) is 4.49. The molecule has 1 aliphatic heterocycles.